The number of para-hydroxylation sites is 2. The lowest BCUT2D eigenvalue weighted by atomic mass is 9.94. The molecular weight excluding hydrogens is 228 g/mol. The van der Waals surface area contributed by atoms with Crippen LogP contribution in [-0.2, 0) is 0 Å². The van der Waals surface area contributed by atoms with Gasteiger partial charge in [-0.15, -0.1) is 0 Å². The molecule has 0 radical (unpaired) electrons. The molecule has 1 fully saturated rings. The number of nitrogens with zero attached hydrogens (tertiary/aromatic N) is 1. The lowest BCUT2D eigenvalue weighted by molar-refractivity contribution is -0.00765. The fraction of sp³-hybridized carbons (Fsp3) is 0.571. The topological polar surface area (TPSA) is 58.7 Å². The number of nitrogens with two attached hydrogens (primary N) is 1. The molecule has 1 aliphatic heterocycles. The van der Waals surface area contributed by atoms with Crippen LogP contribution < -0.4 is 10.5 Å². The summed E-state index contributed by atoms with van der Waals surface area (Å²) < 4.78 is 5.66. The zero-order chi connectivity index (χ0) is 13.0. The van der Waals surface area contributed by atoms with Gasteiger partial charge in [0.15, 0.2) is 0 Å². The van der Waals surface area contributed by atoms with Crippen LogP contribution in [0.4, 0.5) is 5.69 Å². The fourth-order valence-electron chi connectivity index (χ4n) is 2.16. The van der Waals surface area contributed by atoms with E-state index in [0.29, 0.717) is 12.3 Å². The number of hydrogen-bond donors (Lipinski definition) is 2. The summed E-state index contributed by atoms with van der Waals surface area (Å²) in [5, 5.41) is 9.86. The highest BCUT2D eigenvalue weighted by atomic mass is 16.5. The molecule has 1 aromatic rings. The number of anilines is 1. The second-order valence-corrected chi connectivity index (χ2v) is 5.22. The second-order valence-electron chi connectivity index (χ2n) is 5.22. The van der Waals surface area contributed by atoms with Crippen molar-refractivity contribution in [2.75, 3.05) is 32.0 Å². The van der Waals surface area contributed by atoms with Crippen molar-refractivity contribution in [1.82, 2.24) is 4.90 Å². The maximum atomic E-state index is 9.86. The van der Waals surface area contributed by atoms with Gasteiger partial charge in [-0.05, 0) is 31.9 Å². The van der Waals surface area contributed by atoms with Crippen molar-refractivity contribution in [3.05, 3.63) is 24.3 Å². The van der Waals surface area contributed by atoms with Gasteiger partial charge in [0.1, 0.15) is 12.4 Å². The Labute approximate surface area is 108 Å². The largest absolute Gasteiger partial charge is 0.490 e. The van der Waals surface area contributed by atoms with Gasteiger partial charge in [0.25, 0.3) is 0 Å². The molecule has 0 bridgehead atoms. The van der Waals surface area contributed by atoms with E-state index in [1.807, 2.05) is 31.2 Å². The first-order valence-corrected chi connectivity index (χ1v) is 6.49. The van der Waals surface area contributed by atoms with E-state index in [0.717, 1.165) is 38.2 Å². The number of likely N-dealkylation sites (tertiary alicyclic amines) is 1. The first-order valence-electron chi connectivity index (χ1n) is 6.49. The van der Waals surface area contributed by atoms with Crippen LogP contribution in [-0.4, -0.2) is 41.8 Å². The Bertz CT molecular complexity index is 383. The van der Waals surface area contributed by atoms with Crippen LogP contribution in [0.5, 0.6) is 5.75 Å². The molecule has 0 aliphatic carbocycles. The van der Waals surface area contributed by atoms with Crippen LogP contribution in [0, 0.1) is 0 Å². The van der Waals surface area contributed by atoms with E-state index in [2.05, 4.69) is 4.90 Å². The molecular formula is C14H22N2O2. The first kappa shape index (κ1) is 13.2. The molecule has 2 rings (SSSR count). The van der Waals surface area contributed by atoms with Gasteiger partial charge in [-0.1, -0.05) is 12.1 Å². The quantitative estimate of drug-likeness (QED) is 0.795. The third kappa shape index (κ3) is 3.62. The Balaban J connectivity index is 1.72. The van der Waals surface area contributed by atoms with E-state index in [1.54, 1.807) is 0 Å². The molecule has 1 saturated heterocycles. The van der Waals surface area contributed by atoms with Gasteiger partial charge < -0.3 is 15.6 Å². The first-order chi connectivity index (χ1) is 8.57. The molecule has 0 unspecified atom stereocenters. The Kier molecular flexibility index (Phi) is 4.09. The van der Waals surface area contributed by atoms with Crippen LogP contribution >= 0.6 is 0 Å². The molecule has 0 spiro atoms. The average Bonchev–Trinajstić information content (AvgIpc) is 2.34. The number of ether oxygens (including phenoxy) is 1. The zero-order valence-electron chi connectivity index (χ0n) is 10.9. The zero-order valence-corrected chi connectivity index (χ0v) is 10.9. The summed E-state index contributed by atoms with van der Waals surface area (Å²) in [5.74, 6) is 0.751. The molecule has 0 saturated carbocycles. The van der Waals surface area contributed by atoms with Crippen molar-refractivity contribution in [2.45, 2.75) is 25.4 Å². The molecule has 1 heterocycles. The maximum absolute atomic E-state index is 9.86. The van der Waals surface area contributed by atoms with Gasteiger partial charge in [-0.25, -0.2) is 0 Å². The highest BCUT2D eigenvalue weighted by molar-refractivity contribution is 5.51. The standard InChI is InChI=1S/C14H22N2O2/c1-14(17)6-8-16(9-7-14)10-11-18-13-5-3-2-4-12(13)15/h2-5,17H,6-11,15H2,1H3. The molecule has 0 aromatic heterocycles. The smallest absolute Gasteiger partial charge is 0.142 e. The normalized spacial score (nSPS) is 19.7. The van der Waals surface area contributed by atoms with Crippen molar-refractivity contribution in [2.24, 2.45) is 0 Å². The minimum Gasteiger partial charge on any atom is -0.490 e. The minimum absolute atomic E-state index is 0.485. The molecule has 4 heteroatoms. The van der Waals surface area contributed by atoms with Crippen LogP contribution in [0.1, 0.15) is 19.8 Å². The number of hydrogen-bond acceptors (Lipinski definition) is 4. The molecule has 1 aromatic carbocycles. The Morgan fingerprint density at radius 3 is 2.67 bits per heavy atom. The van der Waals surface area contributed by atoms with Crippen LogP contribution in [0.25, 0.3) is 0 Å². The molecule has 0 atom stereocenters. The van der Waals surface area contributed by atoms with Crippen molar-refractivity contribution >= 4 is 5.69 Å². The summed E-state index contributed by atoms with van der Waals surface area (Å²) in [5.41, 5.74) is 6.00. The highest BCUT2D eigenvalue weighted by Gasteiger charge is 2.26. The minimum atomic E-state index is -0.485. The van der Waals surface area contributed by atoms with E-state index in [-0.39, 0.29) is 0 Å². The van der Waals surface area contributed by atoms with Crippen molar-refractivity contribution in [1.29, 1.82) is 0 Å². The maximum Gasteiger partial charge on any atom is 0.142 e. The van der Waals surface area contributed by atoms with E-state index in [1.165, 1.54) is 0 Å². The second kappa shape index (κ2) is 5.59. The Hall–Kier alpha value is -1.26. The van der Waals surface area contributed by atoms with E-state index in [9.17, 15) is 5.11 Å². The van der Waals surface area contributed by atoms with E-state index < -0.39 is 5.60 Å². The van der Waals surface area contributed by atoms with E-state index >= 15 is 0 Å². The summed E-state index contributed by atoms with van der Waals surface area (Å²) in [6.45, 7) is 5.29. The van der Waals surface area contributed by atoms with Crippen molar-refractivity contribution in [3.8, 4) is 5.75 Å². The number of aliphatic hydroxyl groups is 1. The summed E-state index contributed by atoms with van der Waals surface area (Å²) in [6.07, 6.45) is 1.67. The van der Waals surface area contributed by atoms with Gasteiger partial charge in [0.2, 0.25) is 0 Å². The predicted molar refractivity (Wildman–Crippen MR) is 72.6 cm³/mol. The summed E-state index contributed by atoms with van der Waals surface area (Å²) in [4.78, 5) is 2.32. The predicted octanol–water partition coefficient (Wildman–Crippen LogP) is 1.49. The van der Waals surface area contributed by atoms with Gasteiger partial charge in [0, 0.05) is 19.6 Å². The fourth-order valence-corrected chi connectivity index (χ4v) is 2.16. The Morgan fingerprint density at radius 2 is 2.00 bits per heavy atom. The summed E-state index contributed by atoms with van der Waals surface area (Å²) in [7, 11) is 0. The molecule has 18 heavy (non-hydrogen) atoms. The molecule has 3 N–H and O–H groups in total. The van der Waals surface area contributed by atoms with Crippen molar-refractivity contribution < 1.29 is 9.84 Å². The van der Waals surface area contributed by atoms with E-state index in [4.69, 9.17) is 10.5 Å². The van der Waals surface area contributed by atoms with Crippen LogP contribution in [0.2, 0.25) is 0 Å². The lowest BCUT2D eigenvalue weighted by Gasteiger charge is -2.35. The van der Waals surface area contributed by atoms with Crippen molar-refractivity contribution in [3.63, 3.8) is 0 Å². The third-order valence-electron chi connectivity index (χ3n) is 3.52. The number of rotatable bonds is 4. The summed E-state index contributed by atoms with van der Waals surface area (Å²) in [6, 6.07) is 7.54. The van der Waals surface area contributed by atoms with Gasteiger partial charge in [-0.2, -0.15) is 0 Å². The monoisotopic (exact) mass is 250 g/mol. The molecule has 100 valence electrons. The number of benzene rings is 1. The molecule has 4 nitrogen and oxygen atoms in total. The van der Waals surface area contributed by atoms with Crippen LogP contribution in [0.3, 0.4) is 0 Å². The van der Waals surface area contributed by atoms with Gasteiger partial charge in [0.05, 0.1) is 11.3 Å². The SMILES string of the molecule is CC1(O)CCN(CCOc2ccccc2N)CC1. The highest BCUT2D eigenvalue weighted by Crippen LogP contribution is 2.22. The average molecular weight is 250 g/mol. The number of piperidine rings is 1. The number of nitrogen functional groups attached to an aromatic ring is 1. The Morgan fingerprint density at radius 1 is 1.33 bits per heavy atom. The molecule has 1 aliphatic rings. The summed E-state index contributed by atoms with van der Waals surface area (Å²) >= 11 is 0. The third-order valence-corrected chi connectivity index (χ3v) is 3.52. The molecule has 0 amide bonds. The van der Waals surface area contributed by atoms with Crippen LogP contribution in [0.15, 0.2) is 24.3 Å². The van der Waals surface area contributed by atoms with Gasteiger partial charge >= 0.3 is 0 Å². The lowest BCUT2D eigenvalue weighted by Crippen LogP contribution is -2.43. The van der Waals surface area contributed by atoms with Gasteiger partial charge in [-0.3, -0.25) is 4.90 Å².